The molecule has 160 valence electrons. The molecule has 0 spiro atoms. The molecule has 0 fully saturated rings. The SMILES string of the molecule is CC(=O)C(C)Cc1ccc(OC/C=C(\C)c2ccc(-c3cc(Br)cc(Br)c3)cc2)cc1. The molecule has 0 aliphatic carbocycles. The van der Waals surface area contributed by atoms with Gasteiger partial charge in [0.15, 0.2) is 0 Å². The summed E-state index contributed by atoms with van der Waals surface area (Å²) in [4.78, 5) is 11.4. The van der Waals surface area contributed by atoms with Crippen molar-refractivity contribution in [2.45, 2.75) is 27.2 Å². The maximum Gasteiger partial charge on any atom is 0.132 e. The van der Waals surface area contributed by atoms with Gasteiger partial charge in [0.2, 0.25) is 0 Å². The van der Waals surface area contributed by atoms with Crippen molar-refractivity contribution in [1.82, 2.24) is 0 Å². The summed E-state index contributed by atoms with van der Waals surface area (Å²) < 4.78 is 7.97. The van der Waals surface area contributed by atoms with E-state index in [9.17, 15) is 4.79 Å². The zero-order chi connectivity index (χ0) is 22.4. The molecular weight excluding hydrogens is 516 g/mol. The van der Waals surface area contributed by atoms with E-state index in [2.05, 4.69) is 81.3 Å². The highest BCUT2D eigenvalue weighted by molar-refractivity contribution is 9.11. The van der Waals surface area contributed by atoms with Crippen LogP contribution in [0.4, 0.5) is 0 Å². The third kappa shape index (κ3) is 6.91. The Hall–Kier alpha value is -2.17. The second-order valence-corrected chi connectivity index (χ2v) is 9.62. The quantitative estimate of drug-likeness (QED) is 0.287. The van der Waals surface area contributed by atoms with Crippen LogP contribution in [0.2, 0.25) is 0 Å². The van der Waals surface area contributed by atoms with E-state index in [1.54, 1.807) is 6.92 Å². The van der Waals surface area contributed by atoms with E-state index in [4.69, 9.17) is 4.74 Å². The Balaban J connectivity index is 1.58. The van der Waals surface area contributed by atoms with Crippen LogP contribution in [-0.4, -0.2) is 12.4 Å². The first kappa shape index (κ1) is 23.5. The van der Waals surface area contributed by atoms with Crippen LogP contribution in [0, 0.1) is 5.92 Å². The average molecular weight is 542 g/mol. The second-order valence-electron chi connectivity index (χ2n) is 7.79. The molecule has 0 saturated heterocycles. The number of halogens is 2. The van der Waals surface area contributed by atoms with Crippen molar-refractivity contribution in [2.75, 3.05) is 6.61 Å². The lowest BCUT2D eigenvalue weighted by molar-refractivity contribution is -0.120. The van der Waals surface area contributed by atoms with E-state index in [1.165, 1.54) is 22.3 Å². The fraction of sp³-hybridized carbons (Fsp3) is 0.222. The first-order valence-electron chi connectivity index (χ1n) is 10.3. The smallest absolute Gasteiger partial charge is 0.132 e. The van der Waals surface area contributed by atoms with Gasteiger partial charge in [0.25, 0.3) is 0 Å². The first-order valence-corrected chi connectivity index (χ1v) is 11.9. The summed E-state index contributed by atoms with van der Waals surface area (Å²) in [6.45, 7) is 6.21. The maximum absolute atomic E-state index is 11.4. The molecule has 0 aliphatic heterocycles. The third-order valence-corrected chi connectivity index (χ3v) is 6.25. The summed E-state index contributed by atoms with van der Waals surface area (Å²) in [5.74, 6) is 1.10. The predicted molar refractivity (Wildman–Crippen MR) is 136 cm³/mol. The van der Waals surface area contributed by atoms with E-state index in [1.807, 2.05) is 37.3 Å². The molecule has 0 saturated carbocycles. The van der Waals surface area contributed by atoms with Gasteiger partial charge in [-0.25, -0.2) is 0 Å². The standard InChI is InChI=1S/C27H26Br2O2/c1-18(12-13-31-27-10-4-21(5-11-27)14-19(2)20(3)30)22-6-8-23(9-7-22)24-15-25(28)17-26(29)16-24/h4-12,15-17,19H,13-14H2,1-3H3/b18-12+. The monoisotopic (exact) mass is 540 g/mol. The summed E-state index contributed by atoms with van der Waals surface area (Å²) in [5.41, 5.74) is 5.84. The van der Waals surface area contributed by atoms with Crippen LogP contribution in [0.25, 0.3) is 16.7 Å². The van der Waals surface area contributed by atoms with E-state index < -0.39 is 0 Å². The topological polar surface area (TPSA) is 26.3 Å². The van der Waals surface area contributed by atoms with E-state index >= 15 is 0 Å². The van der Waals surface area contributed by atoms with Crippen molar-refractivity contribution in [3.8, 4) is 16.9 Å². The van der Waals surface area contributed by atoms with Crippen LogP contribution in [0.15, 0.2) is 81.8 Å². The lowest BCUT2D eigenvalue weighted by Gasteiger charge is -2.09. The van der Waals surface area contributed by atoms with Crippen LogP contribution in [-0.2, 0) is 11.2 Å². The molecule has 3 aromatic rings. The Bertz CT molecular complexity index is 1050. The Morgan fingerprint density at radius 3 is 2.10 bits per heavy atom. The molecular formula is C27H26Br2O2. The van der Waals surface area contributed by atoms with Crippen molar-refractivity contribution in [1.29, 1.82) is 0 Å². The summed E-state index contributed by atoms with van der Waals surface area (Å²) in [6.07, 6.45) is 2.86. The van der Waals surface area contributed by atoms with E-state index in [-0.39, 0.29) is 11.7 Å². The second kappa shape index (κ2) is 10.9. The Labute approximate surface area is 201 Å². The first-order chi connectivity index (χ1) is 14.8. The lowest BCUT2D eigenvalue weighted by Crippen LogP contribution is -2.09. The lowest BCUT2D eigenvalue weighted by atomic mass is 9.98. The average Bonchev–Trinajstić information content (AvgIpc) is 2.74. The minimum Gasteiger partial charge on any atom is -0.490 e. The molecule has 0 amide bonds. The number of hydrogen-bond acceptors (Lipinski definition) is 2. The van der Waals surface area contributed by atoms with Gasteiger partial charge in [-0.3, -0.25) is 4.79 Å². The highest BCUT2D eigenvalue weighted by Crippen LogP contribution is 2.28. The van der Waals surface area contributed by atoms with Crippen molar-refractivity contribution in [2.24, 2.45) is 5.92 Å². The summed E-state index contributed by atoms with van der Waals surface area (Å²) in [7, 11) is 0. The molecule has 0 N–H and O–H groups in total. The minimum atomic E-state index is 0.0497. The minimum absolute atomic E-state index is 0.0497. The van der Waals surface area contributed by atoms with Crippen LogP contribution in [0.3, 0.4) is 0 Å². The fourth-order valence-corrected chi connectivity index (χ4v) is 4.54. The van der Waals surface area contributed by atoms with Gasteiger partial charge >= 0.3 is 0 Å². The van der Waals surface area contributed by atoms with Gasteiger partial charge in [0.1, 0.15) is 18.1 Å². The molecule has 3 aromatic carbocycles. The number of benzene rings is 3. The number of carbonyl (C=O) groups excluding carboxylic acids is 1. The maximum atomic E-state index is 11.4. The molecule has 0 radical (unpaired) electrons. The highest BCUT2D eigenvalue weighted by atomic mass is 79.9. The normalized spacial score (nSPS) is 12.5. The van der Waals surface area contributed by atoms with E-state index in [0.29, 0.717) is 6.61 Å². The zero-order valence-corrected chi connectivity index (χ0v) is 21.2. The van der Waals surface area contributed by atoms with Gasteiger partial charge in [0.05, 0.1) is 0 Å². The summed E-state index contributed by atoms with van der Waals surface area (Å²) >= 11 is 7.10. The van der Waals surface area contributed by atoms with Gasteiger partial charge in [-0.1, -0.05) is 75.2 Å². The molecule has 4 heteroatoms. The third-order valence-electron chi connectivity index (χ3n) is 5.33. The number of rotatable bonds is 8. The Kier molecular flexibility index (Phi) is 8.28. The molecule has 1 atom stereocenters. The zero-order valence-electron chi connectivity index (χ0n) is 18.0. The number of ketones is 1. The van der Waals surface area contributed by atoms with Gasteiger partial charge in [0, 0.05) is 14.9 Å². The molecule has 0 aromatic heterocycles. The van der Waals surface area contributed by atoms with Crippen LogP contribution < -0.4 is 4.74 Å². The van der Waals surface area contributed by atoms with Crippen LogP contribution in [0.1, 0.15) is 31.9 Å². The van der Waals surface area contributed by atoms with Crippen molar-refractivity contribution in [3.63, 3.8) is 0 Å². The van der Waals surface area contributed by atoms with Crippen LogP contribution in [0.5, 0.6) is 5.75 Å². The number of ether oxygens (including phenoxy) is 1. The predicted octanol–water partition coefficient (Wildman–Crippen LogP) is 8.13. The molecule has 0 heterocycles. The van der Waals surface area contributed by atoms with Gasteiger partial charge in [-0.05, 0) is 84.5 Å². The summed E-state index contributed by atoms with van der Waals surface area (Å²) in [6, 6.07) is 22.8. The number of Topliss-reactive ketones (excluding diaryl/α,β-unsaturated/α-hetero) is 1. The van der Waals surface area contributed by atoms with Crippen molar-refractivity contribution < 1.29 is 9.53 Å². The van der Waals surface area contributed by atoms with Gasteiger partial charge in [-0.2, -0.15) is 0 Å². The van der Waals surface area contributed by atoms with E-state index in [0.717, 1.165) is 26.7 Å². The largest absolute Gasteiger partial charge is 0.490 e. The molecule has 2 nitrogen and oxygen atoms in total. The molecule has 0 bridgehead atoms. The molecule has 3 rings (SSSR count). The number of hydrogen-bond donors (Lipinski definition) is 0. The molecule has 1 unspecified atom stereocenters. The Morgan fingerprint density at radius 1 is 0.903 bits per heavy atom. The van der Waals surface area contributed by atoms with Crippen LogP contribution >= 0.6 is 31.9 Å². The van der Waals surface area contributed by atoms with Gasteiger partial charge in [-0.15, -0.1) is 0 Å². The molecule has 0 aliphatic rings. The fourth-order valence-electron chi connectivity index (χ4n) is 3.25. The summed E-state index contributed by atoms with van der Waals surface area (Å²) in [5, 5.41) is 0. The number of carbonyl (C=O) groups is 1. The highest BCUT2D eigenvalue weighted by Gasteiger charge is 2.08. The Morgan fingerprint density at radius 2 is 1.52 bits per heavy atom. The molecule has 31 heavy (non-hydrogen) atoms. The van der Waals surface area contributed by atoms with Crippen molar-refractivity contribution >= 4 is 43.2 Å². The van der Waals surface area contributed by atoms with Gasteiger partial charge < -0.3 is 4.74 Å². The number of allylic oxidation sites excluding steroid dienone is 1. The van der Waals surface area contributed by atoms with Crippen molar-refractivity contribution in [3.05, 3.63) is 92.9 Å².